The molecule has 29 heavy (non-hydrogen) atoms. The number of hydrogen-bond donors (Lipinski definition) is 3. The number of pyridine rings is 1. The molecule has 2 aliphatic heterocycles. The minimum Gasteiger partial charge on any atom is -0.391 e. The van der Waals surface area contributed by atoms with Gasteiger partial charge in [0, 0.05) is 42.6 Å². The highest BCUT2D eigenvalue weighted by Crippen LogP contribution is 2.34. The Balaban J connectivity index is 1.71. The van der Waals surface area contributed by atoms with Gasteiger partial charge in [-0.3, -0.25) is 4.79 Å². The van der Waals surface area contributed by atoms with Crippen LogP contribution in [0.2, 0.25) is 0 Å². The molecule has 9 heteroatoms. The largest absolute Gasteiger partial charge is 0.391 e. The number of β-amino-alcohol motifs (C(OH)–C–C–N with tert-alkyl or cyclic N) is 1. The van der Waals surface area contributed by atoms with Crippen molar-refractivity contribution in [2.75, 3.05) is 31.1 Å². The Labute approximate surface area is 167 Å². The second-order valence-electron chi connectivity index (χ2n) is 7.64. The smallest absolute Gasteiger partial charge is 0.269 e. The van der Waals surface area contributed by atoms with Gasteiger partial charge in [-0.2, -0.15) is 4.31 Å². The van der Waals surface area contributed by atoms with Gasteiger partial charge in [-0.1, -0.05) is 18.2 Å². The van der Waals surface area contributed by atoms with Crippen molar-refractivity contribution >= 4 is 26.7 Å². The van der Waals surface area contributed by atoms with Crippen LogP contribution in [0.4, 0.5) is 5.82 Å². The van der Waals surface area contributed by atoms with Gasteiger partial charge in [-0.05, 0) is 31.0 Å². The van der Waals surface area contributed by atoms with E-state index in [-0.39, 0.29) is 4.90 Å². The highest BCUT2D eigenvalue weighted by atomic mass is 32.2. The van der Waals surface area contributed by atoms with Gasteiger partial charge in [-0.15, -0.1) is 0 Å². The molecule has 3 aromatic rings. The average molecular weight is 414 g/mol. The van der Waals surface area contributed by atoms with Crippen molar-refractivity contribution in [2.45, 2.75) is 23.8 Å². The Morgan fingerprint density at radius 2 is 1.86 bits per heavy atom. The van der Waals surface area contributed by atoms with Crippen molar-refractivity contribution in [3.8, 4) is 11.3 Å². The molecule has 0 radical (unpaired) electrons. The van der Waals surface area contributed by atoms with Gasteiger partial charge in [-0.25, -0.2) is 8.42 Å². The number of anilines is 1. The van der Waals surface area contributed by atoms with Gasteiger partial charge in [0.2, 0.25) is 10.0 Å². The quantitative estimate of drug-likeness (QED) is 0.599. The summed E-state index contributed by atoms with van der Waals surface area (Å²) in [5.41, 5.74) is 1.62. The third kappa shape index (κ3) is 3.06. The summed E-state index contributed by atoms with van der Waals surface area (Å²) >= 11 is 0. The number of H-pyrrole nitrogens is 2. The number of hydrogen-bond acceptors (Lipinski definition) is 5. The van der Waals surface area contributed by atoms with E-state index < -0.39 is 21.7 Å². The maximum Gasteiger partial charge on any atom is 0.269 e. The van der Waals surface area contributed by atoms with E-state index in [0.717, 1.165) is 23.0 Å². The Morgan fingerprint density at radius 1 is 1.07 bits per heavy atom. The first-order valence-electron chi connectivity index (χ1n) is 9.72. The van der Waals surface area contributed by atoms with Crippen LogP contribution in [-0.4, -0.2) is 60.1 Å². The summed E-state index contributed by atoms with van der Waals surface area (Å²) in [7, 11) is -3.84. The third-order valence-corrected chi connectivity index (χ3v) is 7.62. The number of para-hydroxylation sites is 1. The van der Waals surface area contributed by atoms with Crippen LogP contribution in [0.5, 0.6) is 0 Å². The molecule has 2 aromatic heterocycles. The molecule has 0 unspecified atom stereocenters. The number of sulfonamides is 1. The molecule has 2 aliphatic rings. The Kier molecular flexibility index (Phi) is 4.27. The van der Waals surface area contributed by atoms with Gasteiger partial charge in [0.05, 0.1) is 11.8 Å². The van der Waals surface area contributed by atoms with Gasteiger partial charge in [0.15, 0.2) is 0 Å². The summed E-state index contributed by atoms with van der Waals surface area (Å²) in [6.07, 6.45) is 0.927. The first-order chi connectivity index (χ1) is 13.9. The third-order valence-electron chi connectivity index (χ3n) is 5.72. The molecule has 5 rings (SSSR count). The Bertz CT molecular complexity index is 1210. The number of rotatable bonds is 4. The molecule has 0 spiro atoms. The van der Waals surface area contributed by atoms with E-state index in [1.807, 2.05) is 35.2 Å². The number of nitrogens with one attached hydrogen (secondary N) is 2. The van der Waals surface area contributed by atoms with Gasteiger partial charge in [0.1, 0.15) is 10.7 Å². The fraction of sp³-hybridized carbons (Fsp3) is 0.350. The molecular weight excluding hydrogens is 392 g/mol. The first kappa shape index (κ1) is 18.4. The van der Waals surface area contributed by atoms with Crippen LogP contribution in [-0.2, 0) is 10.0 Å². The average Bonchev–Trinajstić information content (AvgIpc) is 3.25. The van der Waals surface area contributed by atoms with Crippen LogP contribution in [0.15, 0.2) is 46.1 Å². The van der Waals surface area contributed by atoms with Crippen molar-refractivity contribution in [3.63, 3.8) is 0 Å². The topological polar surface area (TPSA) is 109 Å². The number of aliphatic hydroxyl groups excluding tert-OH is 1. The van der Waals surface area contributed by atoms with Crippen LogP contribution in [0.3, 0.4) is 0 Å². The molecule has 1 atom stereocenters. The normalized spacial score (nSPS) is 20.3. The molecule has 0 aliphatic carbocycles. The van der Waals surface area contributed by atoms with E-state index >= 15 is 0 Å². The molecule has 0 bridgehead atoms. The highest BCUT2D eigenvalue weighted by molar-refractivity contribution is 7.89. The van der Waals surface area contributed by atoms with Gasteiger partial charge in [0.25, 0.3) is 5.56 Å². The van der Waals surface area contributed by atoms with Crippen LogP contribution in [0, 0.1) is 0 Å². The number of aliphatic hydroxyl groups is 1. The number of nitrogens with zero attached hydrogens (tertiary/aromatic N) is 2. The molecule has 8 nitrogen and oxygen atoms in total. The molecule has 1 aromatic carbocycles. The predicted octanol–water partition coefficient (Wildman–Crippen LogP) is 1.49. The second kappa shape index (κ2) is 6.72. The molecular formula is C20H22N4O4S. The van der Waals surface area contributed by atoms with Crippen LogP contribution < -0.4 is 10.5 Å². The van der Waals surface area contributed by atoms with Gasteiger partial charge < -0.3 is 20.0 Å². The van der Waals surface area contributed by atoms with Gasteiger partial charge >= 0.3 is 0 Å². The number of aromatic amines is 2. The number of fused-ring (bicyclic) bond motifs is 1. The Morgan fingerprint density at radius 3 is 2.52 bits per heavy atom. The summed E-state index contributed by atoms with van der Waals surface area (Å²) in [6, 6.07) is 11.2. The fourth-order valence-electron chi connectivity index (χ4n) is 3.98. The lowest BCUT2D eigenvalue weighted by Gasteiger charge is -2.29. The minimum absolute atomic E-state index is 0.241. The van der Waals surface area contributed by atoms with Crippen LogP contribution in [0.25, 0.3) is 22.2 Å². The van der Waals surface area contributed by atoms with E-state index in [1.54, 1.807) is 0 Å². The number of aromatic nitrogens is 2. The standard InChI is InChI=1S/C20H22N4O4S/c25-14-6-9-23(12-14)19-15(17-10-13-4-1-2-5-16(13)21-17)11-18(20(26)22-19)29(27,28)24-7-3-8-24/h1-2,4-5,10-11,14,21,25H,3,6-9,12H2,(H,22,26)/t14-/m0/s1. The first-order valence-corrected chi connectivity index (χ1v) is 11.2. The fourth-order valence-corrected chi connectivity index (χ4v) is 5.55. The van der Waals surface area contributed by atoms with E-state index in [1.165, 1.54) is 10.4 Å². The lowest BCUT2D eigenvalue weighted by atomic mass is 10.1. The predicted molar refractivity (Wildman–Crippen MR) is 111 cm³/mol. The molecule has 4 heterocycles. The molecule has 152 valence electrons. The van der Waals surface area contributed by atoms with Crippen molar-refractivity contribution in [3.05, 3.63) is 46.8 Å². The van der Waals surface area contributed by atoms with Crippen molar-refractivity contribution in [1.29, 1.82) is 0 Å². The highest BCUT2D eigenvalue weighted by Gasteiger charge is 2.33. The zero-order valence-corrected chi connectivity index (χ0v) is 16.6. The monoisotopic (exact) mass is 414 g/mol. The van der Waals surface area contributed by atoms with Crippen LogP contribution >= 0.6 is 0 Å². The molecule has 0 saturated carbocycles. The lowest BCUT2D eigenvalue weighted by molar-refractivity contribution is 0.198. The van der Waals surface area contributed by atoms with Crippen molar-refractivity contribution in [1.82, 2.24) is 14.3 Å². The van der Waals surface area contributed by atoms with E-state index in [9.17, 15) is 18.3 Å². The molecule has 2 fully saturated rings. The molecule has 2 saturated heterocycles. The second-order valence-corrected chi connectivity index (χ2v) is 9.55. The maximum atomic E-state index is 12.9. The van der Waals surface area contributed by atoms with Crippen molar-refractivity contribution in [2.24, 2.45) is 0 Å². The summed E-state index contributed by atoms with van der Waals surface area (Å²) in [4.78, 5) is 20.5. The van der Waals surface area contributed by atoms with E-state index in [4.69, 9.17) is 0 Å². The molecule has 0 amide bonds. The Hall–Kier alpha value is -2.62. The SMILES string of the molecule is O=c1[nH]c(N2CC[C@H](O)C2)c(-c2cc3ccccc3[nH]2)cc1S(=O)(=O)N1CCC1. The minimum atomic E-state index is -3.84. The summed E-state index contributed by atoms with van der Waals surface area (Å²) in [5.74, 6) is 0.528. The summed E-state index contributed by atoms with van der Waals surface area (Å²) in [5, 5.41) is 11.0. The number of benzene rings is 1. The maximum absolute atomic E-state index is 12.9. The lowest BCUT2D eigenvalue weighted by Crippen LogP contribution is -2.43. The van der Waals surface area contributed by atoms with E-state index in [0.29, 0.717) is 44.0 Å². The zero-order valence-electron chi connectivity index (χ0n) is 15.8. The van der Waals surface area contributed by atoms with Crippen LogP contribution in [0.1, 0.15) is 12.8 Å². The van der Waals surface area contributed by atoms with Crippen molar-refractivity contribution < 1.29 is 13.5 Å². The molecule has 3 N–H and O–H groups in total. The summed E-state index contributed by atoms with van der Waals surface area (Å²) in [6.45, 7) is 1.84. The summed E-state index contributed by atoms with van der Waals surface area (Å²) < 4.78 is 27.2. The van der Waals surface area contributed by atoms with E-state index in [2.05, 4.69) is 9.97 Å². The zero-order chi connectivity index (χ0) is 20.2.